The first-order chi connectivity index (χ1) is 15.4. The van der Waals surface area contributed by atoms with Crippen molar-refractivity contribution >= 4 is 28.8 Å². The molecule has 0 unspecified atom stereocenters. The minimum Gasteiger partial charge on any atom is -0.497 e. The highest BCUT2D eigenvalue weighted by Crippen LogP contribution is 2.25. The maximum atomic E-state index is 13.5. The molecule has 4 rings (SSSR count). The normalized spacial score (nSPS) is 19.1. The number of amides is 2. The lowest BCUT2D eigenvalue weighted by atomic mass is 10.1. The van der Waals surface area contributed by atoms with Gasteiger partial charge in [-0.15, -0.1) is 0 Å². The molecule has 3 aromatic rings. The molecule has 1 aliphatic heterocycles. The first-order valence-corrected chi connectivity index (χ1v) is 10.6. The van der Waals surface area contributed by atoms with Gasteiger partial charge in [-0.1, -0.05) is 18.2 Å². The number of nitrogens with zero attached hydrogens (tertiary/aromatic N) is 1. The fraction of sp³-hybridized carbons (Fsp3) is 0.280. The van der Waals surface area contributed by atoms with Gasteiger partial charge in [-0.25, -0.2) is 0 Å². The molecule has 0 radical (unpaired) electrons. The minimum atomic E-state index is -0.336. The number of aromatic amines is 1. The van der Waals surface area contributed by atoms with Crippen LogP contribution in [0.5, 0.6) is 5.75 Å². The summed E-state index contributed by atoms with van der Waals surface area (Å²) in [5, 5.41) is 3.73. The Morgan fingerprint density at radius 3 is 2.53 bits per heavy atom. The summed E-state index contributed by atoms with van der Waals surface area (Å²) >= 11 is 0. The monoisotopic (exact) mass is 433 g/mol. The molecule has 2 heterocycles. The fourth-order valence-electron chi connectivity index (χ4n) is 3.97. The second-order valence-electron chi connectivity index (χ2n) is 8.00. The van der Waals surface area contributed by atoms with Gasteiger partial charge in [0.2, 0.25) is 0 Å². The van der Waals surface area contributed by atoms with Crippen LogP contribution < -0.4 is 10.1 Å². The summed E-state index contributed by atoms with van der Waals surface area (Å²) < 4.78 is 11.1. The van der Waals surface area contributed by atoms with Crippen LogP contribution in [-0.4, -0.2) is 54.1 Å². The number of rotatable bonds is 5. The lowest BCUT2D eigenvalue weighted by Crippen LogP contribution is -2.50. The molecular formula is C25H27N3O4. The zero-order valence-corrected chi connectivity index (χ0v) is 18.4. The molecule has 0 aliphatic carbocycles. The van der Waals surface area contributed by atoms with Crippen molar-refractivity contribution in [2.24, 2.45) is 0 Å². The van der Waals surface area contributed by atoms with Crippen molar-refractivity contribution in [2.45, 2.75) is 26.1 Å². The number of carbonyl (C=O) groups excluding carboxylic acids is 2. The summed E-state index contributed by atoms with van der Waals surface area (Å²) in [6.45, 7) is 4.80. The van der Waals surface area contributed by atoms with Crippen LogP contribution in [0, 0.1) is 0 Å². The average molecular weight is 434 g/mol. The van der Waals surface area contributed by atoms with E-state index in [4.69, 9.17) is 9.47 Å². The molecule has 0 saturated carbocycles. The number of hydrogen-bond acceptors (Lipinski definition) is 4. The third-order valence-electron chi connectivity index (χ3n) is 5.44. The number of carbonyl (C=O) groups is 2. The van der Waals surface area contributed by atoms with Crippen molar-refractivity contribution in [3.63, 3.8) is 0 Å². The van der Waals surface area contributed by atoms with E-state index in [-0.39, 0.29) is 29.7 Å². The van der Waals surface area contributed by atoms with Gasteiger partial charge in [-0.05, 0) is 50.3 Å². The van der Waals surface area contributed by atoms with Gasteiger partial charge >= 0.3 is 0 Å². The molecule has 1 saturated heterocycles. The van der Waals surface area contributed by atoms with Crippen molar-refractivity contribution in [2.75, 3.05) is 20.2 Å². The Bertz CT molecular complexity index is 1140. The van der Waals surface area contributed by atoms with Crippen molar-refractivity contribution in [1.82, 2.24) is 15.2 Å². The molecule has 0 bridgehead atoms. The quantitative estimate of drug-likeness (QED) is 0.603. The van der Waals surface area contributed by atoms with Crippen LogP contribution in [-0.2, 0) is 9.53 Å². The molecule has 2 N–H and O–H groups in total. The summed E-state index contributed by atoms with van der Waals surface area (Å²) in [5.41, 5.74) is 2.39. The lowest BCUT2D eigenvalue weighted by molar-refractivity contribution is -0.139. The second kappa shape index (κ2) is 9.28. The van der Waals surface area contributed by atoms with Crippen molar-refractivity contribution in [1.29, 1.82) is 0 Å². The highest BCUT2D eigenvalue weighted by molar-refractivity contribution is 6.06. The number of benzene rings is 2. The molecule has 2 atom stereocenters. The van der Waals surface area contributed by atoms with Crippen LogP contribution in [0.2, 0.25) is 0 Å². The van der Waals surface area contributed by atoms with E-state index in [1.807, 2.05) is 44.3 Å². The average Bonchev–Trinajstić information content (AvgIpc) is 3.19. The zero-order valence-electron chi connectivity index (χ0n) is 18.4. The Morgan fingerprint density at radius 2 is 1.84 bits per heavy atom. The van der Waals surface area contributed by atoms with Crippen LogP contribution in [0.3, 0.4) is 0 Å². The second-order valence-corrected chi connectivity index (χ2v) is 8.00. The molecule has 7 heteroatoms. The van der Waals surface area contributed by atoms with E-state index in [0.29, 0.717) is 24.4 Å². The summed E-state index contributed by atoms with van der Waals surface area (Å²) in [4.78, 5) is 31.3. The van der Waals surface area contributed by atoms with Gasteiger partial charge in [-0.3, -0.25) is 9.59 Å². The van der Waals surface area contributed by atoms with E-state index in [0.717, 1.165) is 16.5 Å². The summed E-state index contributed by atoms with van der Waals surface area (Å²) in [6, 6.07) is 14.5. The number of methoxy groups -OCH3 is 1. The first-order valence-electron chi connectivity index (χ1n) is 10.6. The summed E-state index contributed by atoms with van der Waals surface area (Å²) in [7, 11) is 1.61. The van der Waals surface area contributed by atoms with Crippen LogP contribution in [0.4, 0.5) is 0 Å². The number of ether oxygens (including phenoxy) is 2. The number of H-pyrrole nitrogens is 1. The molecule has 1 aromatic heterocycles. The van der Waals surface area contributed by atoms with E-state index >= 15 is 0 Å². The van der Waals surface area contributed by atoms with Gasteiger partial charge in [0.25, 0.3) is 11.8 Å². The van der Waals surface area contributed by atoms with Gasteiger partial charge in [0.05, 0.1) is 19.3 Å². The third-order valence-corrected chi connectivity index (χ3v) is 5.44. The van der Waals surface area contributed by atoms with Crippen molar-refractivity contribution < 1.29 is 19.1 Å². The zero-order chi connectivity index (χ0) is 22.7. The summed E-state index contributed by atoms with van der Waals surface area (Å²) in [5.74, 6) is 0.134. The molecule has 2 aromatic carbocycles. The Balaban J connectivity index is 1.71. The number of nitrogens with one attached hydrogen (secondary N) is 2. The molecule has 2 amide bonds. The maximum Gasteiger partial charge on any atom is 0.270 e. The fourth-order valence-corrected chi connectivity index (χ4v) is 3.97. The Morgan fingerprint density at radius 1 is 1.12 bits per heavy atom. The van der Waals surface area contributed by atoms with Crippen molar-refractivity contribution in [3.8, 4) is 5.75 Å². The van der Waals surface area contributed by atoms with E-state index < -0.39 is 0 Å². The molecule has 0 spiro atoms. The topological polar surface area (TPSA) is 83.7 Å². The van der Waals surface area contributed by atoms with Crippen LogP contribution in [0.1, 0.15) is 29.8 Å². The first kappa shape index (κ1) is 21.6. The van der Waals surface area contributed by atoms with Crippen LogP contribution in [0.15, 0.2) is 60.4 Å². The molecule has 1 aliphatic rings. The van der Waals surface area contributed by atoms with Crippen LogP contribution in [0.25, 0.3) is 17.0 Å². The third kappa shape index (κ3) is 4.68. The van der Waals surface area contributed by atoms with Crippen LogP contribution >= 0.6 is 0 Å². The molecule has 166 valence electrons. The Kier molecular flexibility index (Phi) is 6.28. The smallest absolute Gasteiger partial charge is 0.270 e. The molecule has 7 nitrogen and oxygen atoms in total. The Labute approximate surface area is 187 Å². The van der Waals surface area contributed by atoms with Gasteiger partial charge < -0.3 is 24.7 Å². The molecule has 1 fully saturated rings. The SMILES string of the molecule is COc1ccc2[nH]cc(/C=C(\NC(=O)c3ccccc3)C(=O)N3C[C@@H](C)O[C@H](C)C3)c2c1. The number of hydrogen-bond donors (Lipinski definition) is 2. The van der Waals surface area contributed by atoms with Gasteiger partial charge in [0.1, 0.15) is 11.4 Å². The predicted octanol–water partition coefficient (Wildman–Crippen LogP) is 3.58. The summed E-state index contributed by atoms with van der Waals surface area (Å²) in [6.07, 6.45) is 3.38. The standard InChI is InChI=1S/C25H27N3O4/c1-16-14-28(15-17(2)32-16)25(30)23(27-24(29)18-7-5-4-6-8-18)11-19-13-26-22-10-9-20(31-3)12-21(19)22/h4-13,16-17,26H,14-15H2,1-3H3,(H,27,29)/b23-11-/t16-,17-/m1/s1. The van der Waals surface area contributed by atoms with E-state index in [9.17, 15) is 9.59 Å². The highest BCUT2D eigenvalue weighted by atomic mass is 16.5. The Hall–Kier alpha value is -3.58. The minimum absolute atomic E-state index is 0.0777. The predicted molar refractivity (Wildman–Crippen MR) is 123 cm³/mol. The molecule has 32 heavy (non-hydrogen) atoms. The van der Waals surface area contributed by atoms with Gasteiger partial charge in [0, 0.05) is 41.3 Å². The number of aromatic nitrogens is 1. The largest absolute Gasteiger partial charge is 0.497 e. The lowest BCUT2D eigenvalue weighted by Gasteiger charge is -2.35. The maximum absolute atomic E-state index is 13.5. The number of fused-ring (bicyclic) bond motifs is 1. The van der Waals surface area contributed by atoms with Gasteiger partial charge in [-0.2, -0.15) is 0 Å². The van der Waals surface area contributed by atoms with Crippen molar-refractivity contribution in [3.05, 3.63) is 71.6 Å². The highest BCUT2D eigenvalue weighted by Gasteiger charge is 2.29. The van der Waals surface area contributed by atoms with Gasteiger partial charge in [0.15, 0.2) is 0 Å². The van der Waals surface area contributed by atoms with E-state index in [2.05, 4.69) is 10.3 Å². The molecular weight excluding hydrogens is 406 g/mol. The number of morpholine rings is 1. The van der Waals surface area contributed by atoms with E-state index in [1.165, 1.54) is 0 Å². The van der Waals surface area contributed by atoms with E-state index in [1.54, 1.807) is 42.4 Å².